The Balaban J connectivity index is 1.92. The van der Waals surface area contributed by atoms with Gasteiger partial charge < -0.3 is 20.5 Å². The lowest BCUT2D eigenvalue weighted by Crippen LogP contribution is -2.45. The average Bonchev–Trinajstić information content (AvgIpc) is 2.55. The van der Waals surface area contributed by atoms with Crippen LogP contribution in [0.3, 0.4) is 0 Å². The standard InChI is InChI=1S/C17H23ClN2O4/c1-24-15-8-7-12(9-13(15)18)20-16(21)10-14(17(22)23)19-11-5-3-2-4-6-11/h7-9,11,14,19H,2-6,10H2,1H3,(H,20,21)(H,22,23). The zero-order valence-corrected chi connectivity index (χ0v) is 14.4. The molecule has 1 aromatic carbocycles. The molecule has 3 N–H and O–H groups in total. The SMILES string of the molecule is COc1ccc(NC(=O)CC(NC2CCCCC2)C(=O)O)cc1Cl. The highest BCUT2D eigenvalue weighted by Crippen LogP contribution is 2.27. The second kappa shape index (κ2) is 8.89. The lowest BCUT2D eigenvalue weighted by Gasteiger charge is -2.26. The first-order valence-corrected chi connectivity index (χ1v) is 8.49. The molecule has 6 nitrogen and oxygen atoms in total. The minimum Gasteiger partial charge on any atom is -0.495 e. The van der Waals surface area contributed by atoms with Crippen LogP contribution in [0.5, 0.6) is 5.75 Å². The smallest absolute Gasteiger partial charge is 0.321 e. The van der Waals surface area contributed by atoms with Gasteiger partial charge in [-0.3, -0.25) is 9.59 Å². The van der Waals surface area contributed by atoms with Gasteiger partial charge in [0.25, 0.3) is 0 Å². The molecule has 0 radical (unpaired) electrons. The highest BCUT2D eigenvalue weighted by Gasteiger charge is 2.25. The topological polar surface area (TPSA) is 87.7 Å². The summed E-state index contributed by atoms with van der Waals surface area (Å²) in [7, 11) is 1.51. The van der Waals surface area contributed by atoms with E-state index in [1.54, 1.807) is 18.2 Å². The Bertz CT molecular complexity index is 588. The van der Waals surface area contributed by atoms with Crippen molar-refractivity contribution in [3.63, 3.8) is 0 Å². The van der Waals surface area contributed by atoms with Crippen molar-refractivity contribution >= 4 is 29.2 Å². The van der Waals surface area contributed by atoms with Crippen molar-refractivity contribution < 1.29 is 19.4 Å². The van der Waals surface area contributed by atoms with Crippen LogP contribution in [0.4, 0.5) is 5.69 Å². The fourth-order valence-electron chi connectivity index (χ4n) is 2.91. The number of anilines is 1. The number of carbonyl (C=O) groups is 2. The molecule has 1 atom stereocenters. The molecule has 1 fully saturated rings. The van der Waals surface area contributed by atoms with Crippen LogP contribution in [-0.2, 0) is 9.59 Å². The van der Waals surface area contributed by atoms with E-state index in [0.29, 0.717) is 16.5 Å². The molecular weight excluding hydrogens is 332 g/mol. The van der Waals surface area contributed by atoms with Crippen molar-refractivity contribution in [1.82, 2.24) is 5.32 Å². The van der Waals surface area contributed by atoms with E-state index >= 15 is 0 Å². The molecule has 24 heavy (non-hydrogen) atoms. The van der Waals surface area contributed by atoms with Gasteiger partial charge in [-0.25, -0.2) is 0 Å². The Hall–Kier alpha value is -1.79. The van der Waals surface area contributed by atoms with Crippen LogP contribution in [0.1, 0.15) is 38.5 Å². The van der Waals surface area contributed by atoms with E-state index in [9.17, 15) is 14.7 Å². The third-order valence-corrected chi connectivity index (χ3v) is 4.46. The number of methoxy groups -OCH3 is 1. The maximum absolute atomic E-state index is 12.1. The van der Waals surface area contributed by atoms with Crippen molar-refractivity contribution in [2.24, 2.45) is 0 Å². The first kappa shape index (κ1) is 18.5. The van der Waals surface area contributed by atoms with E-state index in [1.165, 1.54) is 13.5 Å². The molecule has 0 aliphatic heterocycles. The summed E-state index contributed by atoms with van der Waals surface area (Å²) in [6.07, 6.45) is 5.17. The predicted octanol–water partition coefficient (Wildman–Crippen LogP) is 3.05. The molecular formula is C17H23ClN2O4. The van der Waals surface area contributed by atoms with E-state index in [4.69, 9.17) is 16.3 Å². The van der Waals surface area contributed by atoms with E-state index in [1.807, 2.05) is 0 Å². The molecule has 2 rings (SSSR count). The minimum atomic E-state index is -1.01. The first-order valence-electron chi connectivity index (χ1n) is 8.12. The summed E-state index contributed by atoms with van der Waals surface area (Å²) in [4.78, 5) is 23.6. The summed E-state index contributed by atoms with van der Waals surface area (Å²) in [6.45, 7) is 0. The second-order valence-electron chi connectivity index (χ2n) is 5.99. The summed E-state index contributed by atoms with van der Waals surface area (Å²) < 4.78 is 5.05. The van der Waals surface area contributed by atoms with Crippen molar-refractivity contribution in [3.05, 3.63) is 23.2 Å². The fraction of sp³-hybridized carbons (Fsp3) is 0.529. The number of benzene rings is 1. The van der Waals surface area contributed by atoms with E-state index in [0.717, 1.165) is 25.7 Å². The van der Waals surface area contributed by atoms with Gasteiger partial charge in [-0.2, -0.15) is 0 Å². The number of ether oxygens (including phenoxy) is 1. The van der Waals surface area contributed by atoms with Crippen molar-refractivity contribution in [2.75, 3.05) is 12.4 Å². The molecule has 0 saturated heterocycles. The second-order valence-corrected chi connectivity index (χ2v) is 6.40. The number of nitrogens with one attached hydrogen (secondary N) is 2. The third-order valence-electron chi connectivity index (χ3n) is 4.17. The van der Waals surface area contributed by atoms with Gasteiger partial charge in [-0.1, -0.05) is 30.9 Å². The number of carbonyl (C=O) groups excluding carboxylic acids is 1. The molecule has 0 bridgehead atoms. The molecule has 132 valence electrons. The quantitative estimate of drug-likeness (QED) is 0.700. The minimum absolute atomic E-state index is 0.129. The first-order chi connectivity index (χ1) is 11.5. The lowest BCUT2D eigenvalue weighted by molar-refractivity contribution is -0.141. The van der Waals surface area contributed by atoms with Crippen molar-refractivity contribution in [2.45, 2.75) is 50.6 Å². The third kappa shape index (κ3) is 5.39. The highest BCUT2D eigenvalue weighted by atomic mass is 35.5. The number of carboxylic acid groups (broad SMARTS) is 1. The number of aliphatic carboxylic acids is 1. The number of halogens is 1. The Morgan fingerprint density at radius 2 is 2.04 bits per heavy atom. The van der Waals surface area contributed by atoms with E-state index < -0.39 is 12.0 Å². The molecule has 0 aromatic heterocycles. The monoisotopic (exact) mass is 354 g/mol. The Labute approximate surface area is 146 Å². The zero-order chi connectivity index (χ0) is 17.5. The van der Waals surface area contributed by atoms with Crippen LogP contribution in [0.15, 0.2) is 18.2 Å². The Morgan fingerprint density at radius 1 is 1.33 bits per heavy atom. The van der Waals surface area contributed by atoms with Crippen LogP contribution in [-0.4, -0.2) is 36.2 Å². The summed E-state index contributed by atoms with van der Waals surface area (Å²) in [5.74, 6) is -0.868. The summed E-state index contributed by atoms with van der Waals surface area (Å²) in [5.41, 5.74) is 0.507. The summed E-state index contributed by atoms with van der Waals surface area (Å²) >= 11 is 6.02. The number of rotatable bonds is 7. The lowest BCUT2D eigenvalue weighted by atomic mass is 9.94. The van der Waals surface area contributed by atoms with Crippen LogP contribution in [0.2, 0.25) is 5.02 Å². The van der Waals surface area contributed by atoms with Crippen LogP contribution in [0, 0.1) is 0 Å². The predicted molar refractivity (Wildman–Crippen MR) is 92.7 cm³/mol. The zero-order valence-electron chi connectivity index (χ0n) is 13.7. The molecule has 1 saturated carbocycles. The maximum Gasteiger partial charge on any atom is 0.321 e. The van der Waals surface area contributed by atoms with E-state index in [2.05, 4.69) is 10.6 Å². The van der Waals surface area contributed by atoms with Crippen molar-refractivity contribution in [3.8, 4) is 5.75 Å². The van der Waals surface area contributed by atoms with Gasteiger partial charge in [0.2, 0.25) is 5.91 Å². The van der Waals surface area contributed by atoms with E-state index in [-0.39, 0.29) is 18.4 Å². The highest BCUT2D eigenvalue weighted by molar-refractivity contribution is 6.32. The fourth-order valence-corrected chi connectivity index (χ4v) is 3.17. The van der Waals surface area contributed by atoms with Crippen LogP contribution < -0.4 is 15.4 Å². The Kier molecular flexibility index (Phi) is 6.87. The van der Waals surface area contributed by atoms with Gasteiger partial charge in [-0.05, 0) is 31.0 Å². The number of amides is 1. The molecule has 0 spiro atoms. The molecule has 1 amide bonds. The molecule has 1 aliphatic carbocycles. The van der Waals surface area contributed by atoms with Gasteiger partial charge in [0, 0.05) is 11.7 Å². The van der Waals surface area contributed by atoms with Gasteiger partial charge in [0.05, 0.1) is 18.6 Å². The van der Waals surface area contributed by atoms with Gasteiger partial charge in [-0.15, -0.1) is 0 Å². The summed E-state index contributed by atoms with van der Waals surface area (Å²) in [5, 5.41) is 15.5. The summed E-state index contributed by atoms with van der Waals surface area (Å²) in [6, 6.07) is 4.16. The van der Waals surface area contributed by atoms with Crippen LogP contribution >= 0.6 is 11.6 Å². The van der Waals surface area contributed by atoms with Crippen molar-refractivity contribution in [1.29, 1.82) is 0 Å². The normalized spacial score (nSPS) is 16.4. The molecule has 7 heteroatoms. The van der Waals surface area contributed by atoms with Crippen LogP contribution in [0.25, 0.3) is 0 Å². The van der Waals surface area contributed by atoms with Gasteiger partial charge >= 0.3 is 5.97 Å². The number of carboxylic acids is 1. The molecule has 1 aromatic rings. The molecule has 0 heterocycles. The molecule has 1 unspecified atom stereocenters. The number of hydrogen-bond acceptors (Lipinski definition) is 4. The average molecular weight is 355 g/mol. The van der Waals surface area contributed by atoms with Gasteiger partial charge in [0.1, 0.15) is 11.8 Å². The largest absolute Gasteiger partial charge is 0.495 e. The maximum atomic E-state index is 12.1. The Morgan fingerprint density at radius 3 is 2.62 bits per heavy atom. The van der Waals surface area contributed by atoms with Gasteiger partial charge in [0.15, 0.2) is 0 Å². The molecule has 1 aliphatic rings. The number of hydrogen-bond donors (Lipinski definition) is 3.